The number of aliphatic hydroxyl groups is 1. The number of aryl methyl sites for hydroxylation is 1. The van der Waals surface area contributed by atoms with Crippen molar-refractivity contribution >= 4 is 5.97 Å². The Morgan fingerprint density at radius 1 is 1.37 bits per heavy atom. The standard InChI is InChI=1S/C15H22O4/c1-6-19-14(18)13(17)11-9(2)7-8-10(12(11)16)15(3,4)5/h7-8,13,16-17H,6H2,1-5H3. The van der Waals surface area contributed by atoms with Crippen molar-refractivity contribution < 1.29 is 19.7 Å². The third kappa shape index (κ3) is 3.26. The Bertz CT molecular complexity index is 472. The van der Waals surface area contributed by atoms with Crippen LogP contribution in [0.4, 0.5) is 0 Å². The molecule has 0 heterocycles. The van der Waals surface area contributed by atoms with E-state index in [-0.39, 0.29) is 23.3 Å². The van der Waals surface area contributed by atoms with Gasteiger partial charge in [-0.1, -0.05) is 32.9 Å². The van der Waals surface area contributed by atoms with Crippen LogP contribution < -0.4 is 0 Å². The molecule has 0 aliphatic rings. The van der Waals surface area contributed by atoms with Gasteiger partial charge in [0.05, 0.1) is 6.61 Å². The lowest BCUT2D eigenvalue weighted by molar-refractivity contribution is -0.153. The number of benzene rings is 1. The van der Waals surface area contributed by atoms with Crippen LogP contribution in [0, 0.1) is 6.92 Å². The maximum atomic E-state index is 11.6. The molecule has 0 bridgehead atoms. The highest BCUT2D eigenvalue weighted by molar-refractivity contribution is 5.78. The van der Waals surface area contributed by atoms with Gasteiger partial charge in [-0.3, -0.25) is 0 Å². The van der Waals surface area contributed by atoms with Crippen molar-refractivity contribution in [2.45, 2.75) is 46.1 Å². The first-order chi connectivity index (χ1) is 8.70. The Morgan fingerprint density at radius 3 is 2.42 bits per heavy atom. The van der Waals surface area contributed by atoms with E-state index in [2.05, 4.69) is 0 Å². The molecule has 0 aliphatic heterocycles. The van der Waals surface area contributed by atoms with E-state index in [1.807, 2.05) is 26.8 Å². The van der Waals surface area contributed by atoms with Crippen LogP contribution in [0.15, 0.2) is 12.1 Å². The van der Waals surface area contributed by atoms with Crippen molar-refractivity contribution in [3.63, 3.8) is 0 Å². The molecule has 4 heteroatoms. The molecule has 0 aliphatic carbocycles. The fourth-order valence-corrected chi connectivity index (χ4v) is 2.00. The summed E-state index contributed by atoms with van der Waals surface area (Å²) in [5.41, 5.74) is 1.30. The minimum Gasteiger partial charge on any atom is -0.507 e. The van der Waals surface area contributed by atoms with E-state index in [9.17, 15) is 15.0 Å². The number of phenolic OH excluding ortho intramolecular Hbond substituents is 1. The molecule has 1 aromatic carbocycles. The minimum atomic E-state index is -1.46. The molecular formula is C15H22O4. The summed E-state index contributed by atoms with van der Waals surface area (Å²) in [5, 5.41) is 20.4. The summed E-state index contributed by atoms with van der Waals surface area (Å²) in [6.07, 6.45) is -1.46. The predicted molar refractivity (Wildman–Crippen MR) is 73.1 cm³/mol. The van der Waals surface area contributed by atoms with E-state index in [0.717, 1.165) is 0 Å². The highest BCUT2D eigenvalue weighted by Gasteiger charge is 2.28. The van der Waals surface area contributed by atoms with Gasteiger partial charge in [-0.25, -0.2) is 4.79 Å². The summed E-state index contributed by atoms with van der Waals surface area (Å²) in [7, 11) is 0. The molecule has 0 radical (unpaired) electrons. The Kier molecular flexibility index (Phi) is 4.58. The molecule has 0 amide bonds. The smallest absolute Gasteiger partial charge is 0.339 e. The normalized spacial score (nSPS) is 13.2. The fraction of sp³-hybridized carbons (Fsp3) is 0.533. The van der Waals surface area contributed by atoms with E-state index >= 15 is 0 Å². The lowest BCUT2D eigenvalue weighted by atomic mass is 9.83. The van der Waals surface area contributed by atoms with E-state index < -0.39 is 12.1 Å². The number of hydrogen-bond acceptors (Lipinski definition) is 4. The van der Waals surface area contributed by atoms with Crippen molar-refractivity contribution in [3.8, 4) is 5.75 Å². The summed E-state index contributed by atoms with van der Waals surface area (Å²) in [4.78, 5) is 11.6. The quantitative estimate of drug-likeness (QED) is 0.825. The molecule has 0 spiro atoms. The molecule has 1 rings (SSSR count). The zero-order valence-electron chi connectivity index (χ0n) is 12.2. The van der Waals surface area contributed by atoms with Crippen molar-refractivity contribution in [2.75, 3.05) is 6.61 Å². The van der Waals surface area contributed by atoms with Gasteiger partial charge >= 0.3 is 5.97 Å². The van der Waals surface area contributed by atoms with Gasteiger partial charge in [0.25, 0.3) is 0 Å². The van der Waals surface area contributed by atoms with Gasteiger partial charge in [-0.2, -0.15) is 0 Å². The maximum absolute atomic E-state index is 11.6. The number of aromatic hydroxyl groups is 1. The van der Waals surface area contributed by atoms with Gasteiger partial charge in [-0.05, 0) is 30.4 Å². The topological polar surface area (TPSA) is 66.8 Å². The fourth-order valence-electron chi connectivity index (χ4n) is 2.00. The van der Waals surface area contributed by atoms with Crippen LogP contribution in [-0.2, 0) is 14.9 Å². The third-order valence-corrected chi connectivity index (χ3v) is 3.03. The van der Waals surface area contributed by atoms with Gasteiger partial charge in [0.1, 0.15) is 5.75 Å². The van der Waals surface area contributed by atoms with Crippen molar-refractivity contribution in [2.24, 2.45) is 0 Å². The van der Waals surface area contributed by atoms with Crippen LogP contribution in [0.3, 0.4) is 0 Å². The van der Waals surface area contributed by atoms with Gasteiger partial charge in [0.15, 0.2) is 6.10 Å². The first-order valence-corrected chi connectivity index (χ1v) is 6.37. The molecule has 4 nitrogen and oxygen atoms in total. The monoisotopic (exact) mass is 266 g/mol. The number of rotatable bonds is 3. The first-order valence-electron chi connectivity index (χ1n) is 6.37. The molecule has 0 saturated carbocycles. The number of phenols is 1. The van der Waals surface area contributed by atoms with E-state index in [1.54, 1.807) is 19.9 Å². The summed E-state index contributed by atoms with van der Waals surface area (Å²) < 4.78 is 4.79. The van der Waals surface area contributed by atoms with Gasteiger partial charge < -0.3 is 14.9 Å². The third-order valence-electron chi connectivity index (χ3n) is 3.03. The van der Waals surface area contributed by atoms with Crippen LogP contribution in [0.5, 0.6) is 5.75 Å². The lowest BCUT2D eigenvalue weighted by Crippen LogP contribution is -2.19. The number of carbonyl (C=O) groups is 1. The Hall–Kier alpha value is -1.55. The minimum absolute atomic E-state index is 0.0342. The second-order valence-electron chi connectivity index (χ2n) is 5.60. The summed E-state index contributed by atoms with van der Waals surface area (Å²) in [6.45, 7) is 9.47. The molecule has 106 valence electrons. The molecule has 19 heavy (non-hydrogen) atoms. The molecule has 1 unspecified atom stereocenters. The van der Waals surface area contributed by atoms with Crippen LogP contribution in [0.25, 0.3) is 0 Å². The summed E-state index contributed by atoms with van der Waals surface area (Å²) in [5.74, 6) is -0.778. The van der Waals surface area contributed by atoms with Crippen molar-refractivity contribution in [1.29, 1.82) is 0 Å². The van der Waals surface area contributed by atoms with E-state index in [1.165, 1.54) is 0 Å². The predicted octanol–water partition coefficient (Wildman–Crippen LogP) is 2.59. The van der Waals surface area contributed by atoms with Crippen molar-refractivity contribution in [3.05, 3.63) is 28.8 Å². The average molecular weight is 266 g/mol. The van der Waals surface area contributed by atoms with E-state index in [0.29, 0.717) is 11.1 Å². The van der Waals surface area contributed by atoms with E-state index in [4.69, 9.17) is 4.74 Å². The summed E-state index contributed by atoms with van der Waals surface area (Å²) >= 11 is 0. The zero-order chi connectivity index (χ0) is 14.8. The first kappa shape index (κ1) is 15.5. The molecule has 0 aromatic heterocycles. The molecule has 2 N–H and O–H groups in total. The largest absolute Gasteiger partial charge is 0.507 e. The zero-order valence-corrected chi connectivity index (χ0v) is 12.2. The lowest BCUT2D eigenvalue weighted by Gasteiger charge is -2.24. The number of esters is 1. The number of ether oxygens (including phenoxy) is 1. The van der Waals surface area contributed by atoms with Crippen LogP contribution >= 0.6 is 0 Å². The Morgan fingerprint density at radius 2 is 1.95 bits per heavy atom. The van der Waals surface area contributed by atoms with Crippen LogP contribution in [-0.4, -0.2) is 22.8 Å². The maximum Gasteiger partial charge on any atom is 0.339 e. The Labute approximate surface area is 114 Å². The summed E-state index contributed by atoms with van der Waals surface area (Å²) in [6, 6.07) is 3.60. The van der Waals surface area contributed by atoms with Crippen LogP contribution in [0.1, 0.15) is 50.5 Å². The highest BCUT2D eigenvalue weighted by Crippen LogP contribution is 2.38. The Balaban J connectivity index is 3.31. The second kappa shape index (κ2) is 5.61. The molecule has 0 fully saturated rings. The van der Waals surface area contributed by atoms with Gasteiger partial charge in [-0.15, -0.1) is 0 Å². The number of aliphatic hydroxyl groups excluding tert-OH is 1. The molecule has 1 aromatic rings. The molecular weight excluding hydrogens is 244 g/mol. The molecule has 0 saturated heterocycles. The number of hydrogen-bond donors (Lipinski definition) is 2. The van der Waals surface area contributed by atoms with Gasteiger partial charge in [0.2, 0.25) is 0 Å². The van der Waals surface area contributed by atoms with Crippen LogP contribution in [0.2, 0.25) is 0 Å². The van der Waals surface area contributed by atoms with Gasteiger partial charge in [0, 0.05) is 5.56 Å². The molecule has 1 atom stereocenters. The SMILES string of the molecule is CCOC(=O)C(O)c1c(C)ccc(C(C)(C)C)c1O. The van der Waals surface area contributed by atoms with Crippen molar-refractivity contribution in [1.82, 2.24) is 0 Å². The second-order valence-corrected chi connectivity index (χ2v) is 5.60. The highest BCUT2D eigenvalue weighted by atomic mass is 16.5. The average Bonchev–Trinajstić information content (AvgIpc) is 2.27. The number of carbonyl (C=O) groups excluding carboxylic acids is 1.